The van der Waals surface area contributed by atoms with Crippen molar-refractivity contribution in [3.05, 3.63) is 17.8 Å². The van der Waals surface area contributed by atoms with Crippen molar-refractivity contribution in [2.75, 3.05) is 18.4 Å². The number of aromatic nitrogens is 2. The van der Waals surface area contributed by atoms with Gasteiger partial charge in [-0.1, -0.05) is 13.3 Å². The van der Waals surface area contributed by atoms with E-state index in [2.05, 4.69) is 22.4 Å². The van der Waals surface area contributed by atoms with E-state index in [4.69, 9.17) is 0 Å². The topological polar surface area (TPSA) is 58.1 Å². The summed E-state index contributed by atoms with van der Waals surface area (Å²) < 4.78 is 0. The summed E-state index contributed by atoms with van der Waals surface area (Å²) in [4.78, 5) is 14.4. The molecule has 1 heterocycles. The van der Waals surface area contributed by atoms with Crippen LogP contribution in [0.3, 0.4) is 0 Å². The lowest BCUT2D eigenvalue weighted by atomic mass is 10.2. The molecule has 0 saturated heterocycles. The summed E-state index contributed by atoms with van der Waals surface area (Å²) in [6, 6.07) is 4.00. The molecule has 0 radical (unpaired) electrons. The number of nitrogens with zero attached hydrogens (tertiary/aromatic N) is 3. The van der Waals surface area contributed by atoms with Gasteiger partial charge in [0.15, 0.2) is 5.69 Å². The van der Waals surface area contributed by atoms with Gasteiger partial charge in [-0.2, -0.15) is 0 Å². The van der Waals surface area contributed by atoms with Gasteiger partial charge in [0, 0.05) is 19.1 Å². The molecule has 0 bridgehead atoms. The van der Waals surface area contributed by atoms with Gasteiger partial charge in [-0.3, -0.25) is 4.79 Å². The Morgan fingerprint density at radius 2 is 2.16 bits per heavy atom. The molecule has 0 aromatic carbocycles. The lowest BCUT2D eigenvalue weighted by molar-refractivity contribution is 0.0733. The molecule has 0 unspecified atom stereocenters. The molecule has 1 aliphatic carbocycles. The van der Waals surface area contributed by atoms with E-state index in [1.165, 1.54) is 0 Å². The van der Waals surface area contributed by atoms with Gasteiger partial charge < -0.3 is 10.2 Å². The highest BCUT2D eigenvalue weighted by Crippen LogP contribution is 2.28. The number of rotatable bonds is 7. The molecule has 1 aliphatic rings. The number of amides is 1. The van der Waals surface area contributed by atoms with E-state index in [1.54, 1.807) is 6.07 Å². The predicted octanol–water partition coefficient (Wildman–Crippen LogP) is 2.31. The average molecular weight is 262 g/mol. The lowest BCUT2D eigenvalue weighted by Crippen LogP contribution is -2.34. The van der Waals surface area contributed by atoms with E-state index >= 15 is 0 Å². The van der Waals surface area contributed by atoms with Crippen LogP contribution in [-0.4, -0.2) is 40.1 Å². The zero-order chi connectivity index (χ0) is 13.7. The first kappa shape index (κ1) is 13.8. The van der Waals surface area contributed by atoms with Gasteiger partial charge in [0.25, 0.3) is 5.91 Å². The smallest absolute Gasteiger partial charge is 0.274 e. The molecule has 0 spiro atoms. The zero-order valence-electron chi connectivity index (χ0n) is 11.7. The Labute approximate surface area is 114 Å². The summed E-state index contributed by atoms with van der Waals surface area (Å²) in [5.41, 5.74) is 0.449. The summed E-state index contributed by atoms with van der Waals surface area (Å²) in [5.74, 6) is 0.733. The van der Waals surface area contributed by atoms with Gasteiger partial charge in [0.2, 0.25) is 0 Å². The Bertz CT molecular complexity index is 414. The fourth-order valence-corrected chi connectivity index (χ4v) is 2.03. The van der Waals surface area contributed by atoms with Crippen molar-refractivity contribution in [1.29, 1.82) is 0 Å². The highest BCUT2D eigenvalue weighted by Gasteiger charge is 2.33. The minimum atomic E-state index is 0.0199. The van der Waals surface area contributed by atoms with Crippen LogP contribution in [-0.2, 0) is 0 Å². The second kappa shape index (κ2) is 6.50. The fourth-order valence-electron chi connectivity index (χ4n) is 2.03. The molecule has 2 rings (SSSR count). The van der Waals surface area contributed by atoms with Crippen molar-refractivity contribution in [1.82, 2.24) is 15.1 Å². The molecule has 104 valence electrons. The van der Waals surface area contributed by atoms with Crippen molar-refractivity contribution in [3.8, 4) is 0 Å². The SMILES string of the molecule is CCCCN(C(=O)c1ccc(NCC)nn1)C1CC1. The van der Waals surface area contributed by atoms with E-state index in [0.717, 1.165) is 38.8 Å². The molecule has 1 fully saturated rings. The Morgan fingerprint density at radius 1 is 1.37 bits per heavy atom. The molecule has 0 atom stereocenters. The quantitative estimate of drug-likeness (QED) is 0.819. The predicted molar refractivity (Wildman–Crippen MR) is 75.2 cm³/mol. The summed E-state index contributed by atoms with van der Waals surface area (Å²) in [6.07, 6.45) is 4.39. The monoisotopic (exact) mass is 262 g/mol. The number of hydrogen-bond acceptors (Lipinski definition) is 4. The average Bonchev–Trinajstić information content (AvgIpc) is 3.25. The minimum Gasteiger partial charge on any atom is -0.369 e. The van der Waals surface area contributed by atoms with Crippen LogP contribution in [0.25, 0.3) is 0 Å². The van der Waals surface area contributed by atoms with Crippen molar-refractivity contribution in [2.24, 2.45) is 0 Å². The fraction of sp³-hybridized carbons (Fsp3) is 0.643. The van der Waals surface area contributed by atoms with Gasteiger partial charge in [-0.15, -0.1) is 10.2 Å². The van der Waals surface area contributed by atoms with Crippen molar-refractivity contribution in [3.63, 3.8) is 0 Å². The Hall–Kier alpha value is -1.65. The van der Waals surface area contributed by atoms with Gasteiger partial charge in [0.1, 0.15) is 5.82 Å². The molecule has 1 aromatic heterocycles. The Kier molecular flexibility index (Phi) is 4.71. The number of unbranched alkanes of at least 4 members (excludes halogenated alkanes) is 1. The maximum absolute atomic E-state index is 12.4. The first-order valence-electron chi connectivity index (χ1n) is 7.14. The summed E-state index contributed by atoms with van der Waals surface area (Å²) in [7, 11) is 0. The number of nitrogens with one attached hydrogen (secondary N) is 1. The summed E-state index contributed by atoms with van der Waals surface area (Å²) >= 11 is 0. The van der Waals surface area contributed by atoms with E-state index in [9.17, 15) is 4.79 Å². The maximum Gasteiger partial charge on any atom is 0.274 e. The van der Waals surface area contributed by atoms with Crippen LogP contribution in [0.5, 0.6) is 0 Å². The van der Waals surface area contributed by atoms with Crippen molar-refractivity contribution in [2.45, 2.75) is 45.6 Å². The lowest BCUT2D eigenvalue weighted by Gasteiger charge is -2.21. The van der Waals surface area contributed by atoms with Crippen LogP contribution in [0, 0.1) is 0 Å². The maximum atomic E-state index is 12.4. The Morgan fingerprint density at radius 3 is 2.68 bits per heavy atom. The van der Waals surface area contributed by atoms with Gasteiger partial charge in [-0.05, 0) is 38.3 Å². The molecule has 5 heteroatoms. The number of hydrogen-bond donors (Lipinski definition) is 1. The van der Waals surface area contributed by atoms with E-state index in [-0.39, 0.29) is 5.91 Å². The second-order valence-electron chi connectivity index (χ2n) is 4.92. The molecule has 1 saturated carbocycles. The molecule has 1 N–H and O–H groups in total. The minimum absolute atomic E-state index is 0.0199. The normalized spacial score (nSPS) is 14.2. The van der Waals surface area contributed by atoms with Crippen molar-refractivity contribution < 1.29 is 4.79 Å². The summed E-state index contributed by atoms with van der Waals surface area (Å²) in [6.45, 7) is 5.77. The van der Waals surface area contributed by atoms with Crippen LogP contribution in [0.15, 0.2) is 12.1 Å². The van der Waals surface area contributed by atoms with Crippen LogP contribution in [0.4, 0.5) is 5.82 Å². The van der Waals surface area contributed by atoms with Crippen LogP contribution in [0.1, 0.15) is 50.0 Å². The number of carbonyl (C=O) groups is 1. The van der Waals surface area contributed by atoms with E-state index < -0.39 is 0 Å². The van der Waals surface area contributed by atoms with Gasteiger partial charge >= 0.3 is 0 Å². The molecular weight excluding hydrogens is 240 g/mol. The second-order valence-corrected chi connectivity index (χ2v) is 4.92. The van der Waals surface area contributed by atoms with Crippen LogP contribution >= 0.6 is 0 Å². The molecule has 5 nitrogen and oxygen atoms in total. The highest BCUT2D eigenvalue weighted by molar-refractivity contribution is 5.92. The zero-order valence-corrected chi connectivity index (χ0v) is 11.7. The third-order valence-electron chi connectivity index (χ3n) is 3.24. The molecule has 1 aromatic rings. The third kappa shape index (κ3) is 3.66. The first-order chi connectivity index (χ1) is 9.26. The van der Waals surface area contributed by atoms with Crippen LogP contribution < -0.4 is 5.32 Å². The highest BCUT2D eigenvalue weighted by atomic mass is 16.2. The number of carbonyl (C=O) groups excluding carboxylic acids is 1. The van der Waals surface area contributed by atoms with Crippen LogP contribution in [0.2, 0.25) is 0 Å². The largest absolute Gasteiger partial charge is 0.369 e. The Balaban J connectivity index is 2.03. The van der Waals surface area contributed by atoms with Gasteiger partial charge in [0.05, 0.1) is 0 Å². The summed E-state index contributed by atoms with van der Waals surface area (Å²) in [5, 5.41) is 11.1. The first-order valence-corrected chi connectivity index (χ1v) is 7.14. The molecule has 1 amide bonds. The van der Waals surface area contributed by atoms with Gasteiger partial charge in [-0.25, -0.2) is 0 Å². The number of anilines is 1. The molecule has 0 aliphatic heterocycles. The standard InChI is InChI=1S/C14H22N4O/c1-3-5-10-18(11-6-7-11)14(19)12-8-9-13(15-4-2)17-16-12/h8-9,11H,3-7,10H2,1-2H3,(H,15,17). The van der Waals surface area contributed by atoms with E-state index in [1.807, 2.05) is 17.9 Å². The molecule has 19 heavy (non-hydrogen) atoms. The van der Waals surface area contributed by atoms with E-state index in [0.29, 0.717) is 17.6 Å². The third-order valence-corrected chi connectivity index (χ3v) is 3.24. The molecular formula is C14H22N4O. The van der Waals surface area contributed by atoms with Crippen molar-refractivity contribution >= 4 is 11.7 Å².